The van der Waals surface area contributed by atoms with E-state index in [0.29, 0.717) is 12.1 Å². The SMILES string of the molecule is CC(O)N(CCCN(C)C)c1nc2c(ccc3[nH]c(=O)c(C#N)cc32)s1. The Hall–Kier alpha value is -2.47. The van der Waals surface area contributed by atoms with Gasteiger partial charge in [-0.3, -0.25) is 4.79 Å². The van der Waals surface area contributed by atoms with Gasteiger partial charge in [-0.2, -0.15) is 5.26 Å². The summed E-state index contributed by atoms with van der Waals surface area (Å²) in [4.78, 5) is 23.2. The summed E-state index contributed by atoms with van der Waals surface area (Å²) in [5.41, 5.74) is 1.05. The van der Waals surface area contributed by atoms with E-state index in [1.54, 1.807) is 13.0 Å². The van der Waals surface area contributed by atoms with Gasteiger partial charge in [-0.05, 0) is 52.2 Å². The van der Waals surface area contributed by atoms with Gasteiger partial charge in [0.05, 0.1) is 15.7 Å². The molecule has 0 amide bonds. The van der Waals surface area contributed by atoms with Crippen molar-refractivity contribution in [1.29, 1.82) is 5.26 Å². The minimum atomic E-state index is -0.654. The molecule has 7 nitrogen and oxygen atoms in total. The molecule has 0 aliphatic rings. The molecule has 0 bridgehead atoms. The Kier molecular flexibility index (Phi) is 5.23. The van der Waals surface area contributed by atoms with Crippen molar-refractivity contribution in [1.82, 2.24) is 14.9 Å². The Labute approximate surface area is 155 Å². The predicted molar refractivity (Wildman–Crippen MR) is 105 cm³/mol. The van der Waals surface area contributed by atoms with Crippen LogP contribution in [0.25, 0.3) is 21.1 Å². The Morgan fingerprint density at radius 1 is 1.38 bits per heavy atom. The first-order chi connectivity index (χ1) is 12.4. The second-order valence-electron chi connectivity index (χ2n) is 6.48. The molecule has 1 atom stereocenters. The number of aromatic nitrogens is 2. The van der Waals surface area contributed by atoms with Crippen molar-refractivity contribution in [2.24, 2.45) is 0 Å². The molecule has 0 saturated heterocycles. The van der Waals surface area contributed by atoms with Gasteiger partial charge < -0.3 is 19.9 Å². The van der Waals surface area contributed by atoms with Crippen molar-refractivity contribution < 1.29 is 5.11 Å². The van der Waals surface area contributed by atoms with Gasteiger partial charge >= 0.3 is 0 Å². The molecule has 1 unspecified atom stereocenters. The van der Waals surface area contributed by atoms with Gasteiger partial charge in [0.15, 0.2) is 5.13 Å². The third kappa shape index (κ3) is 3.55. The molecular weight excluding hydrogens is 350 g/mol. The highest BCUT2D eigenvalue weighted by atomic mass is 32.1. The number of anilines is 1. The summed E-state index contributed by atoms with van der Waals surface area (Å²) in [6.45, 7) is 3.34. The molecule has 136 valence electrons. The molecule has 0 aliphatic heterocycles. The topological polar surface area (TPSA) is 96.2 Å². The number of aliphatic hydroxyl groups is 1. The third-order valence-corrected chi connectivity index (χ3v) is 5.25. The minimum absolute atomic E-state index is 0.0675. The molecule has 3 rings (SSSR count). The first-order valence-corrected chi connectivity index (χ1v) is 9.18. The van der Waals surface area contributed by atoms with E-state index in [1.807, 2.05) is 37.2 Å². The maximum absolute atomic E-state index is 11.8. The lowest BCUT2D eigenvalue weighted by Gasteiger charge is -2.25. The Balaban J connectivity index is 2.05. The van der Waals surface area contributed by atoms with Crippen LogP contribution in [0.1, 0.15) is 18.9 Å². The number of benzene rings is 1. The standard InChI is InChI=1S/C18H21N5O2S/c1-11(24)23(8-4-7-22(2)3)18-21-16-13-9-12(10-19)17(25)20-14(13)5-6-15(16)26-18/h5-6,9,11,24H,4,7-8H2,1-3H3,(H,20,25). The Morgan fingerprint density at radius 2 is 2.15 bits per heavy atom. The van der Waals surface area contributed by atoms with Crippen LogP contribution in [0.5, 0.6) is 0 Å². The van der Waals surface area contributed by atoms with Crippen LogP contribution in [-0.4, -0.2) is 53.4 Å². The molecule has 0 saturated carbocycles. The summed E-state index contributed by atoms with van der Waals surface area (Å²) in [6, 6.07) is 7.22. The molecule has 26 heavy (non-hydrogen) atoms. The van der Waals surface area contributed by atoms with Crippen LogP contribution in [0.4, 0.5) is 5.13 Å². The third-order valence-electron chi connectivity index (χ3n) is 4.19. The highest BCUT2D eigenvalue weighted by molar-refractivity contribution is 7.22. The number of nitrogens with zero attached hydrogens (tertiary/aromatic N) is 4. The van der Waals surface area contributed by atoms with Crippen LogP contribution < -0.4 is 10.5 Å². The van der Waals surface area contributed by atoms with Crippen molar-refractivity contribution in [3.05, 3.63) is 34.1 Å². The molecule has 8 heteroatoms. The maximum atomic E-state index is 11.8. The molecule has 0 radical (unpaired) electrons. The number of hydrogen-bond donors (Lipinski definition) is 2. The average molecular weight is 371 g/mol. The normalized spacial score (nSPS) is 12.6. The first kappa shape index (κ1) is 18.3. The van der Waals surface area contributed by atoms with Crippen molar-refractivity contribution >= 4 is 37.6 Å². The number of aromatic amines is 1. The van der Waals surface area contributed by atoms with Crippen LogP contribution in [0.15, 0.2) is 23.0 Å². The minimum Gasteiger partial charge on any atom is -0.374 e. The largest absolute Gasteiger partial charge is 0.374 e. The van der Waals surface area contributed by atoms with E-state index < -0.39 is 11.8 Å². The van der Waals surface area contributed by atoms with Crippen LogP contribution >= 0.6 is 11.3 Å². The van der Waals surface area contributed by atoms with E-state index in [0.717, 1.165) is 33.7 Å². The summed E-state index contributed by atoms with van der Waals surface area (Å²) < 4.78 is 0.946. The van der Waals surface area contributed by atoms with Crippen LogP contribution in [-0.2, 0) is 0 Å². The number of nitriles is 1. The van der Waals surface area contributed by atoms with Gasteiger partial charge in [0, 0.05) is 11.9 Å². The quantitative estimate of drug-likeness (QED) is 0.644. The van der Waals surface area contributed by atoms with E-state index >= 15 is 0 Å². The number of aliphatic hydroxyl groups excluding tert-OH is 1. The number of nitrogens with one attached hydrogen (secondary N) is 1. The fourth-order valence-corrected chi connectivity index (χ4v) is 3.95. The molecule has 0 fully saturated rings. The zero-order valence-electron chi connectivity index (χ0n) is 15.0. The molecule has 2 N–H and O–H groups in total. The molecule has 0 aliphatic carbocycles. The maximum Gasteiger partial charge on any atom is 0.266 e. The van der Waals surface area contributed by atoms with E-state index in [4.69, 9.17) is 10.2 Å². The van der Waals surface area contributed by atoms with Crippen molar-refractivity contribution in [2.75, 3.05) is 32.1 Å². The van der Waals surface area contributed by atoms with Gasteiger partial charge in [-0.15, -0.1) is 0 Å². The Morgan fingerprint density at radius 3 is 2.81 bits per heavy atom. The van der Waals surface area contributed by atoms with Crippen LogP contribution in [0, 0.1) is 11.3 Å². The first-order valence-electron chi connectivity index (χ1n) is 8.37. The second-order valence-corrected chi connectivity index (χ2v) is 7.49. The fraction of sp³-hybridized carbons (Fsp3) is 0.389. The highest BCUT2D eigenvalue weighted by Gasteiger charge is 2.18. The molecule has 3 aromatic rings. The summed E-state index contributed by atoms with van der Waals surface area (Å²) >= 11 is 1.49. The van der Waals surface area contributed by atoms with E-state index in [1.165, 1.54) is 11.3 Å². The zero-order valence-corrected chi connectivity index (χ0v) is 15.8. The lowest BCUT2D eigenvalue weighted by atomic mass is 10.1. The van der Waals surface area contributed by atoms with E-state index in [-0.39, 0.29) is 5.56 Å². The number of thiazole rings is 1. The number of rotatable bonds is 6. The van der Waals surface area contributed by atoms with Gasteiger partial charge in [0.2, 0.25) is 0 Å². The Bertz CT molecular complexity index is 1030. The zero-order chi connectivity index (χ0) is 18.8. The molecule has 2 heterocycles. The molecule has 1 aromatic carbocycles. The molecular formula is C18H21N5O2S. The van der Waals surface area contributed by atoms with Gasteiger partial charge in [-0.1, -0.05) is 11.3 Å². The average Bonchev–Trinajstić information content (AvgIpc) is 3.01. The van der Waals surface area contributed by atoms with E-state index in [2.05, 4.69) is 9.88 Å². The van der Waals surface area contributed by atoms with Crippen molar-refractivity contribution in [2.45, 2.75) is 19.6 Å². The number of H-pyrrole nitrogens is 1. The number of pyridine rings is 1. The summed E-state index contributed by atoms with van der Waals surface area (Å²) in [7, 11) is 4.04. The highest BCUT2D eigenvalue weighted by Crippen LogP contribution is 2.33. The lowest BCUT2D eigenvalue weighted by Crippen LogP contribution is -2.34. The predicted octanol–water partition coefficient (Wildman–Crippen LogP) is 2.11. The fourth-order valence-electron chi connectivity index (χ4n) is 2.86. The summed E-state index contributed by atoms with van der Waals surface area (Å²) in [5.74, 6) is 0. The van der Waals surface area contributed by atoms with E-state index in [9.17, 15) is 9.90 Å². The van der Waals surface area contributed by atoms with Crippen LogP contribution in [0.3, 0.4) is 0 Å². The summed E-state index contributed by atoms with van der Waals surface area (Å²) in [6.07, 6.45) is 0.249. The summed E-state index contributed by atoms with van der Waals surface area (Å²) in [5, 5.41) is 20.8. The number of hydrogen-bond acceptors (Lipinski definition) is 7. The van der Waals surface area contributed by atoms with Crippen molar-refractivity contribution in [3.63, 3.8) is 0 Å². The second kappa shape index (κ2) is 7.41. The smallest absolute Gasteiger partial charge is 0.266 e. The monoisotopic (exact) mass is 371 g/mol. The number of fused-ring (bicyclic) bond motifs is 3. The van der Waals surface area contributed by atoms with Gasteiger partial charge in [0.1, 0.15) is 17.9 Å². The van der Waals surface area contributed by atoms with Crippen molar-refractivity contribution in [3.8, 4) is 6.07 Å². The van der Waals surface area contributed by atoms with Gasteiger partial charge in [0.25, 0.3) is 5.56 Å². The van der Waals surface area contributed by atoms with Crippen LogP contribution in [0.2, 0.25) is 0 Å². The van der Waals surface area contributed by atoms with Gasteiger partial charge in [-0.25, -0.2) is 4.98 Å². The lowest BCUT2D eigenvalue weighted by molar-refractivity contribution is 0.186. The molecule has 2 aromatic heterocycles. The molecule has 0 spiro atoms.